The summed E-state index contributed by atoms with van der Waals surface area (Å²) in [7, 11) is 0. The molecule has 1 aliphatic rings. The first-order chi connectivity index (χ1) is 9.23. The van der Waals surface area contributed by atoms with Gasteiger partial charge < -0.3 is 5.32 Å². The number of rotatable bonds is 6. The molecule has 0 aromatic carbocycles. The molecule has 0 amide bonds. The summed E-state index contributed by atoms with van der Waals surface area (Å²) in [6, 6.07) is 5.14. The van der Waals surface area contributed by atoms with E-state index in [0.717, 1.165) is 6.54 Å². The normalized spacial score (nSPS) is 23.6. The molecule has 2 heterocycles. The van der Waals surface area contributed by atoms with Crippen molar-refractivity contribution >= 4 is 11.3 Å². The molecule has 2 nitrogen and oxygen atoms in total. The van der Waals surface area contributed by atoms with Crippen LogP contribution in [-0.2, 0) is 6.42 Å². The second-order valence-corrected chi connectivity index (χ2v) is 6.76. The molecule has 0 radical (unpaired) electrons. The minimum absolute atomic E-state index is 0.348. The van der Waals surface area contributed by atoms with E-state index in [0.29, 0.717) is 11.6 Å². The van der Waals surface area contributed by atoms with Crippen LogP contribution in [0.15, 0.2) is 17.5 Å². The number of piperazine rings is 1. The minimum atomic E-state index is 0.348. The Bertz CT molecular complexity index is 357. The standard InChI is InChI=1S/C16H28N2S/c1-4-14-12-17-16(5-2,6-3)13-18(14)10-9-15-8-7-11-19-15/h7-8,11,14,17H,4-6,9-10,12-13H2,1-3H3. The van der Waals surface area contributed by atoms with Crippen LogP contribution < -0.4 is 5.32 Å². The average molecular weight is 280 g/mol. The zero-order valence-electron chi connectivity index (χ0n) is 12.6. The number of hydrogen-bond donors (Lipinski definition) is 1. The van der Waals surface area contributed by atoms with Crippen LogP contribution in [0.1, 0.15) is 44.9 Å². The summed E-state index contributed by atoms with van der Waals surface area (Å²) >= 11 is 1.89. The van der Waals surface area contributed by atoms with Crippen molar-refractivity contribution in [2.24, 2.45) is 0 Å². The van der Waals surface area contributed by atoms with E-state index in [1.807, 2.05) is 11.3 Å². The van der Waals surface area contributed by atoms with Crippen LogP contribution in [0, 0.1) is 0 Å². The summed E-state index contributed by atoms with van der Waals surface area (Å²) in [6.07, 6.45) is 4.92. The largest absolute Gasteiger partial charge is 0.308 e. The van der Waals surface area contributed by atoms with E-state index in [4.69, 9.17) is 0 Å². The zero-order chi connectivity index (χ0) is 13.7. The van der Waals surface area contributed by atoms with E-state index >= 15 is 0 Å². The van der Waals surface area contributed by atoms with Gasteiger partial charge in [0, 0.05) is 36.1 Å². The Morgan fingerprint density at radius 3 is 2.74 bits per heavy atom. The highest BCUT2D eigenvalue weighted by atomic mass is 32.1. The molecule has 108 valence electrons. The van der Waals surface area contributed by atoms with Crippen molar-refractivity contribution in [1.29, 1.82) is 0 Å². The quantitative estimate of drug-likeness (QED) is 0.857. The van der Waals surface area contributed by atoms with Crippen LogP contribution in [0.25, 0.3) is 0 Å². The molecule has 0 saturated carbocycles. The summed E-state index contributed by atoms with van der Waals surface area (Å²) in [4.78, 5) is 4.25. The zero-order valence-corrected chi connectivity index (χ0v) is 13.4. The van der Waals surface area contributed by atoms with E-state index in [1.165, 1.54) is 43.6 Å². The van der Waals surface area contributed by atoms with Gasteiger partial charge in [0.05, 0.1) is 0 Å². The van der Waals surface area contributed by atoms with Crippen molar-refractivity contribution in [3.8, 4) is 0 Å². The number of nitrogens with zero attached hydrogens (tertiary/aromatic N) is 1. The van der Waals surface area contributed by atoms with Gasteiger partial charge in [-0.2, -0.15) is 0 Å². The third-order valence-electron chi connectivity index (χ3n) is 4.79. The number of nitrogens with one attached hydrogen (secondary N) is 1. The lowest BCUT2D eigenvalue weighted by atomic mass is 9.88. The summed E-state index contributed by atoms with van der Waals surface area (Å²) in [6.45, 7) is 10.5. The van der Waals surface area contributed by atoms with E-state index in [9.17, 15) is 0 Å². The molecule has 1 aromatic heterocycles. The maximum Gasteiger partial charge on any atom is 0.0304 e. The molecular weight excluding hydrogens is 252 g/mol. The third kappa shape index (κ3) is 3.59. The average Bonchev–Trinajstić information content (AvgIpc) is 2.98. The van der Waals surface area contributed by atoms with Crippen molar-refractivity contribution in [3.63, 3.8) is 0 Å². The van der Waals surface area contributed by atoms with Crippen LogP contribution in [0.3, 0.4) is 0 Å². The molecule has 1 atom stereocenters. The van der Waals surface area contributed by atoms with Crippen molar-refractivity contribution < 1.29 is 0 Å². The van der Waals surface area contributed by atoms with Crippen LogP contribution >= 0.6 is 11.3 Å². The molecule has 1 saturated heterocycles. The van der Waals surface area contributed by atoms with Gasteiger partial charge >= 0.3 is 0 Å². The van der Waals surface area contributed by atoms with Crippen LogP contribution in [0.2, 0.25) is 0 Å². The van der Waals surface area contributed by atoms with Crippen molar-refractivity contribution in [2.75, 3.05) is 19.6 Å². The lowest BCUT2D eigenvalue weighted by Crippen LogP contribution is -2.63. The predicted molar refractivity (Wildman–Crippen MR) is 85.0 cm³/mol. The number of thiophene rings is 1. The lowest BCUT2D eigenvalue weighted by Gasteiger charge is -2.47. The summed E-state index contributed by atoms with van der Waals surface area (Å²) in [5.74, 6) is 0. The first-order valence-corrected chi connectivity index (χ1v) is 8.62. The van der Waals surface area contributed by atoms with Gasteiger partial charge in [-0.25, -0.2) is 0 Å². The van der Waals surface area contributed by atoms with Gasteiger partial charge in [-0.1, -0.05) is 26.8 Å². The maximum atomic E-state index is 3.82. The monoisotopic (exact) mass is 280 g/mol. The molecule has 0 bridgehead atoms. The Hall–Kier alpha value is -0.380. The molecule has 0 aliphatic carbocycles. The highest BCUT2D eigenvalue weighted by molar-refractivity contribution is 7.09. The second-order valence-electron chi connectivity index (χ2n) is 5.73. The van der Waals surface area contributed by atoms with Crippen molar-refractivity contribution in [2.45, 2.75) is 58.0 Å². The van der Waals surface area contributed by atoms with E-state index in [2.05, 4.69) is 48.5 Å². The maximum absolute atomic E-state index is 3.82. The number of hydrogen-bond acceptors (Lipinski definition) is 3. The van der Waals surface area contributed by atoms with Gasteiger partial charge in [0.25, 0.3) is 0 Å². The Kier molecular flexibility index (Phi) is 5.43. The van der Waals surface area contributed by atoms with E-state index in [1.54, 1.807) is 0 Å². The molecule has 3 heteroatoms. The van der Waals surface area contributed by atoms with Gasteiger partial charge in [0.15, 0.2) is 0 Å². The molecule has 1 fully saturated rings. The Morgan fingerprint density at radius 1 is 1.37 bits per heavy atom. The fourth-order valence-electron chi connectivity index (χ4n) is 3.13. The molecule has 1 aliphatic heterocycles. The fourth-order valence-corrected chi connectivity index (χ4v) is 3.83. The van der Waals surface area contributed by atoms with Gasteiger partial charge in [-0.15, -0.1) is 11.3 Å². The molecule has 1 aromatic rings. The van der Waals surface area contributed by atoms with Gasteiger partial charge in [0.2, 0.25) is 0 Å². The molecule has 1 unspecified atom stereocenters. The van der Waals surface area contributed by atoms with Gasteiger partial charge in [-0.05, 0) is 37.1 Å². The predicted octanol–water partition coefficient (Wildman–Crippen LogP) is 3.53. The Labute approximate surface area is 122 Å². The lowest BCUT2D eigenvalue weighted by molar-refractivity contribution is 0.0718. The van der Waals surface area contributed by atoms with E-state index in [-0.39, 0.29) is 0 Å². The first kappa shape index (κ1) is 15.0. The Morgan fingerprint density at radius 2 is 2.16 bits per heavy atom. The highest BCUT2D eigenvalue weighted by Gasteiger charge is 2.35. The summed E-state index contributed by atoms with van der Waals surface area (Å²) in [5.41, 5.74) is 0.348. The Balaban J connectivity index is 1.97. The minimum Gasteiger partial charge on any atom is -0.308 e. The highest BCUT2D eigenvalue weighted by Crippen LogP contribution is 2.24. The molecule has 0 spiro atoms. The molecular formula is C16H28N2S. The van der Waals surface area contributed by atoms with Crippen molar-refractivity contribution in [1.82, 2.24) is 10.2 Å². The molecule has 19 heavy (non-hydrogen) atoms. The topological polar surface area (TPSA) is 15.3 Å². The third-order valence-corrected chi connectivity index (χ3v) is 5.72. The van der Waals surface area contributed by atoms with Gasteiger partial charge in [-0.3, -0.25) is 4.90 Å². The van der Waals surface area contributed by atoms with Gasteiger partial charge in [0.1, 0.15) is 0 Å². The summed E-state index contributed by atoms with van der Waals surface area (Å²) in [5, 5.41) is 6.00. The van der Waals surface area contributed by atoms with Crippen LogP contribution in [0.4, 0.5) is 0 Å². The smallest absolute Gasteiger partial charge is 0.0304 e. The SMILES string of the molecule is CCC1CNC(CC)(CC)CN1CCc1cccs1. The second kappa shape index (κ2) is 6.87. The van der Waals surface area contributed by atoms with Crippen LogP contribution in [-0.4, -0.2) is 36.1 Å². The van der Waals surface area contributed by atoms with Crippen molar-refractivity contribution in [3.05, 3.63) is 22.4 Å². The van der Waals surface area contributed by atoms with E-state index < -0.39 is 0 Å². The summed E-state index contributed by atoms with van der Waals surface area (Å²) < 4.78 is 0. The molecule has 2 rings (SSSR count). The fraction of sp³-hybridized carbons (Fsp3) is 0.750. The molecule has 1 N–H and O–H groups in total. The first-order valence-electron chi connectivity index (χ1n) is 7.74. The van der Waals surface area contributed by atoms with Crippen LogP contribution in [0.5, 0.6) is 0 Å².